The third kappa shape index (κ3) is 2.76. The summed E-state index contributed by atoms with van der Waals surface area (Å²) in [7, 11) is 0. The maximum absolute atomic E-state index is 13.3. The first kappa shape index (κ1) is 15.4. The molecule has 4 rings (SSSR count). The van der Waals surface area contributed by atoms with Gasteiger partial charge in [-0.3, -0.25) is 4.79 Å². The van der Waals surface area contributed by atoms with Gasteiger partial charge >= 0.3 is 0 Å². The Morgan fingerprint density at radius 1 is 0.720 bits per heavy atom. The summed E-state index contributed by atoms with van der Waals surface area (Å²) in [6.45, 7) is 4.02. The fourth-order valence-electron chi connectivity index (χ4n) is 3.17. The van der Waals surface area contributed by atoms with E-state index in [1.165, 1.54) is 0 Å². The third-order valence-electron chi connectivity index (χ3n) is 4.39. The predicted octanol–water partition coefficient (Wildman–Crippen LogP) is 5.74. The highest BCUT2D eigenvalue weighted by Gasteiger charge is 2.17. The first-order valence-electron chi connectivity index (χ1n) is 8.33. The van der Waals surface area contributed by atoms with Gasteiger partial charge in [-0.05, 0) is 37.6 Å². The average molecular weight is 326 g/mol. The molecule has 2 nitrogen and oxygen atoms in total. The molecule has 4 aromatic rings. The van der Waals surface area contributed by atoms with Gasteiger partial charge < -0.3 is 4.42 Å². The number of hydrogen-bond donors (Lipinski definition) is 0. The van der Waals surface area contributed by atoms with Crippen LogP contribution >= 0.6 is 0 Å². The van der Waals surface area contributed by atoms with Gasteiger partial charge in [0.05, 0.1) is 10.9 Å². The van der Waals surface area contributed by atoms with Crippen molar-refractivity contribution in [2.24, 2.45) is 0 Å². The van der Waals surface area contributed by atoms with Crippen molar-refractivity contribution in [3.63, 3.8) is 0 Å². The molecule has 0 spiro atoms. The molecule has 0 aliphatic heterocycles. The van der Waals surface area contributed by atoms with E-state index in [0.717, 1.165) is 22.3 Å². The monoisotopic (exact) mass is 326 g/mol. The van der Waals surface area contributed by atoms with Crippen molar-refractivity contribution in [1.29, 1.82) is 0 Å². The molecule has 0 bridgehead atoms. The van der Waals surface area contributed by atoms with Crippen LogP contribution in [0.4, 0.5) is 0 Å². The first-order chi connectivity index (χ1) is 12.1. The Morgan fingerprint density at radius 2 is 1.44 bits per heavy atom. The molecule has 0 saturated carbocycles. The summed E-state index contributed by atoms with van der Waals surface area (Å²) in [6.07, 6.45) is 0. The highest BCUT2D eigenvalue weighted by molar-refractivity contribution is 5.89. The van der Waals surface area contributed by atoms with Gasteiger partial charge in [-0.25, -0.2) is 0 Å². The minimum atomic E-state index is 0.00709. The van der Waals surface area contributed by atoms with Crippen LogP contribution in [0.1, 0.15) is 11.1 Å². The zero-order valence-corrected chi connectivity index (χ0v) is 14.2. The largest absolute Gasteiger partial charge is 0.455 e. The lowest BCUT2D eigenvalue weighted by Gasteiger charge is -2.11. The van der Waals surface area contributed by atoms with E-state index in [1.54, 1.807) is 0 Å². The SMILES string of the molecule is Cc1cccc(-c2oc3ccc(C)cc3c(=O)c2-c2ccccc2)c1. The topological polar surface area (TPSA) is 30.2 Å². The molecular weight excluding hydrogens is 308 g/mol. The summed E-state index contributed by atoms with van der Waals surface area (Å²) in [5.74, 6) is 0.622. The van der Waals surface area contributed by atoms with Crippen LogP contribution in [0, 0.1) is 13.8 Å². The summed E-state index contributed by atoms with van der Waals surface area (Å²) in [6, 6.07) is 23.5. The van der Waals surface area contributed by atoms with Crippen molar-refractivity contribution < 1.29 is 4.42 Å². The molecule has 2 heteroatoms. The Kier molecular flexibility index (Phi) is 3.73. The maximum Gasteiger partial charge on any atom is 0.201 e. The summed E-state index contributed by atoms with van der Waals surface area (Å²) in [5.41, 5.74) is 5.20. The van der Waals surface area contributed by atoms with E-state index in [4.69, 9.17) is 4.42 Å². The number of hydrogen-bond acceptors (Lipinski definition) is 2. The fraction of sp³-hybridized carbons (Fsp3) is 0.0870. The van der Waals surface area contributed by atoms with Gasteiger partial charge in [0, 0.05) is 5.56 Å². The van der Waals surface area contributed by atoms with Crippen LogP contribution < -0.4 is 5.43 Å². The Balaban J connectivity index is 2.14. The van der Waals surface area contributed by atoms with Gasteiger partial charge in [-0.2, -0.15) is 0 Å². The highest BCUT2D eigenvalue weighted by atomic mass is 16.3. The minimum Gasteiger partial charge on any atom is -0.455 e. The lowest BCUT2D eigenvalue weighted by molar-refractivity contribution is 0.620. The molecule has 0 fully saturated rings. The van der Waals surface area contributed by atoms with E-state index in [-0.39, 0.29) is 5.43 Å². The number of benzene rings is 3. The van der Waals surface area contributed by atoms with Gasteiger partial charge in [-0.15, -0.1) is 0 Å². The van der Waals surface area contributed by atoms with Gasteiger partial charge in [0.15, 0.2) is 0 Å². The van der Waals surface area contributed by atoms with Crippen LogP contribution in [-0.2, 0) is 0 Å². The third-order valence-corrected chi connectivity index (χ3v) is 4.39. The molecule has 0 atom stereocenters. The van der Waals surface area contributed by atoms with Crippen molar-refractivity contribution in [3.05, 3.63) is 94.1 Å². The second kappa shape index (κ2) is 6.06. The van der Waals surface area contributed by atoms with E-state index in [2.05, 4.69) is 0 Å². The van der Waals surface area contributed by atoms with E-state index in [0.29, 0.717) is 22.3 Å². The lowest BCUT2D eigenvalue weighted by Crippen LogP contribution is -2.07. The van der Waals surface area contributed by atoms with E-state index in [9.17, 15) is 4.79 Å². The summed E-state index contributed by atoms with van der Waals surface area (Å²) in [5, 5.41) is 0.621. The second-order valence-corrected chi connectivity index (χ2v) is 6.37. The smallest absolute Gasteiger partial charge is 0.201 e. The fourth-order valence-corrected chi connectivity index (χ4v) is 3.17. The molecule has 0 aliphatic carbocycles. The van der Waals surface area contributed by atoms with E-state index < -0.39 is 0 Å². The first-order valence-corrected chi connectivity index (χ1v) is 8.33. The van der Waals surface area contributed by atoms with Crippen LogP contribution in [0.15, 0.2) is 82.0 Å². The maximum atomic E-state index is 13.3. The summed E-state index contributed by atoms with van der Waals surface area (Å²) in [4.78, 5) is 13.3. The minimum absolute atomic E-state index is 0.00709. The molecule has 3 aromatic carbocycles. The molecule has 0 radical (unpaired) electrons. The second-order valence-electron chi connectivity index (χ2n) is 6.37. The lowest BCUT2D eigenvalue weighted by atomic mass is 9.97. The van der Waals surface area contributed by atoms with Crippen LogP contribution in [0.5, 0.6) is 0 Å². The summed E-state index contributed by atoms with van der Waals surface area (Å²) >= 11 is 0. The Bertz CT molecular complexity index is 1120. The van der Waals surface area contributed by atoms with E-state index in [1.807, 2.05) is 86.6 Å². The van der Waals surface area contributed by atoms with Crippen molar-refractivity contribution in [2.75, 3.05) is 0 Å². The summed E-state index contributed by atoms with van der Waals surface area (Å²) < 4.78 is 6.22. The van der Waals surface area contributed by atoms with Gasteiger partial charge in [-0.1, -0.05) is 65.7 Å². The van der Waals surface area contributed by atoms with Crippen LogP contribution in [0.2, 0.25) is 0 Å². The van der Waals surface area contributed by atoms with Gasteiger partial charge in [0.1, 0.15) is 11.3 Å². The number of aryl methyl sites for hydroxylation is 2. The molecule has 0 amide bonds. The Labute approximate surface area is 146 Å². The quantitative estimate of drug-likeness (QED) is 0.470. The Morgan fingerprint density at radius 3 is 2.20 bits per heavy atom. The normalized spacial score (nSPS) is 11.0. The van der Waals surface area contributed by atoms with Gasteiger partial charge in [0.2, 0.25) is 5.43 Å². The Hall–Kier alpha value is -3.13. The van der Waals surface area contributed by atoms with Crippen molar-refractivity contribution in [2.45, 2.75) is 13.8 Å². The molecule has 1 aromatic heterocycles. The van der Waals surface area contributed by atoms with E-state index >= 15 is 0 Å². The molecule has 0 unspecified atom stereocenters. The molecule has 0 aliphatic rings. The number of rotatable bonds is 2. The van der Waals surface area contributed by atoms with Crippen LogP contribution in [0.25, 0.3) is 33.4 Å². The molecule has 122 valence electrons. The van der Waals surface area contributed by atoms with Gasteiger partial charge in [0.25, 0.3) is 0 Å². The molecule has 1 heterocycles. The number of fused-ring (bicyclic) bond motifs is 1. The predicted molar refractivity (Wildman–Crippen MR) is 103 cm³/mol. The zero-order chi connectivity index (χ0) is 17.4. The highest BCUT2D eigenvalue weighted by Crippen LogP contribution is 2.33. The standard InChI is InChI=1S/C23H18O2/c1-15-7-6-10-18(13-15)23-21(17-8-4-3-5-9-17)22(24)19-14-16(2)11-12-20(19)25-23/h3-14H,1-2H3. The average Bonchev–Trinajstić information content (AvgIpc) is 2.63. The molecular formula is C23H18O2. The molecule has 0 saturated heterocycles. The molecule has 25 heavy (non-hydrogen) atoms. The van der Waals surface area contributed by atoms with Crippen molar-refractivity contribution in [1.82, 2.24) is 0 Å². The van der Waals surface area contributed by atoms with Crippen LogP contribution in [0.3, 0.4) is 0 Å². The van der Waals surface area contributed by atoms with Crippen molar-refractivity contribution >= 4 is 11.0 Å². The molecule has 0 N–H and O–H groups in total. The zero-order valence-electron chi connectivity index (χ0n) is 14.2. The van der Waals surface area contributed by atoms with Crippen LogP contribution in [-0.4, -0.2) is 0 Å². The van der Waals surface area contributed by atoms with Crippen molar-refractivity contribution in [3.8, 4) is 22.5 Å².